The van der Waals surface area contributed by atoms with Gasteiger partial charge in [-0.2, -0.15) is 15.0 Å². The van der Waals surface area contributed by atoms with Crippen LogP contribution in [0.2, 0.25) is 0 Å². The van der Waals surface area contributed by atoms with Gasteiger partial charge in [0.2, 0.25) is 10.0 Å². The number of hydrogen-bond donors (Lipinski definition) is 1. The second-order valence-electron chi connectivity index (χ2n) is 5.69. The summed E-state index contributed by atoms with van der Waals surface area (Å²) >= 11 is 0. The Labute approximate surface area is 158 Å². The molecule has 7 nitrogen and oxygen atoms in total. The quantitative estimate of drug-likeness (QED) is 0.645. The molecule has 0 radical (unpaired) electrons. The molecular weight excluding hydrogens is 397 g/mol. The lowest BCUT2D eigenvalue weighted by atomic mass is 10.1. The third-order valence-electron chi connectivity index (χ3n) is 3.68. The molecule has 28 heavy (non-hydrogen) atoms. The molecule has 0 aliphatic carbocycles. The van der Waals surface area contributed by atoms with Gasteiger partial charge in [0, 0.05) is 0 Å². The summed E-state index contributed by atoms with van der Waals surface area (Å²) in [4.78, 5) is 1.14. The number of nitrogens with zero attached hydrogens (tertiary/aromatic N) is 3. The fraction of sp³-hybridized carbons (Fsp3) is 0.176. The van der Waals surface area contributed by atoms with Crippen molar-refractivity contribution in [3.63, 3.8) is 0 Å². The Balaban J connectivity index is 1.82. The third kappa shape index (κ3) is 5.30. The van der Waals surface area contributed by atoms with Gasteiger partial charge in [-0.15, -0.1) is 13.2 Å². The molecule has 3 aromatic rings. The minimum atomic E-state index is -4.85. The van der Waals surface area contributed by atoms with E-state index in [-0.39, 0.29) is 11.4 Å². The molecule has 0 bridgehead atoms. The second kappa shape index (κ2) is 7.98. The van der Waals surface area contributed by atoms with Crippen molar-refractivity contribution in [2.75, 3.05) is 0 Å². The fourth-order valence-electron chi connectivity index (χ4n) is 2.47. The highest BCUT2D eigenvalue weighted by Gasteiger charge is 2.31. The maximum absolute atomic E-state index is 12.7. The summed E-state index contributed by atoms with van der Waals surface area (Å²) in [5.74, 6) is -0.508. The molecular formula is C17H15F3N4O3S. The predicted molar refractivity (Wildman–Crippen MR) is 92.7 cm³/mol. The van der Waals surface area contributed by atoms with Crippen molar-refractivity contribution in [1.29, 1.82) is 0 Å². The Hall–Kier alpha value is -2.92. The van der Waals surface area contributed by atoms with E-state index in [1.165, 1.54) is 17.2 Å². The van der Waals surface area contributed by atoms with Gasteiger partial charge in [-0.05, 0) is 29.8 Å². The topological polar surface area (TPSA) is 86.1 Å². The smallest absolute Gasteiger partial charge is 0.406 e. The summed E-state index contributed by atoms with van der Waals surface area (Å²) in [6.07, 6.45) is -1.92. The van der Waals surface area contributed by atoms with Crippen LogP contribution in [0.3, 0.4) is 0 Å². The summed E-state index contributed by atoms with van der Waals surface area (Å²) < 4.78 is 68.5. The Kier molecular flexibility index (Phi) is 5.66. The van der Waals surface area contributed by atoms with Crippen LogP contribution in [0.25, 0.3) is 0 Å². The van der Waals surface area contributed by atoms with Gasteiger partial charge in [-0.1, -0.05) is 30.3 Å². The van der Waals surface area contributed by atoms with Crippen LogP contribution < -0.4 is 9.46 Å². The van der Waals surface area contributed by atoms with Crippen molar-refractivity contribution in [1.82, 2.24) is 19.7 Å². The summed E-state index contributed by atoms with van der Waals surface area (Å²) in [7, 11) is -4.03. The molecule has 0 aliphatic heterocycles. The molecule has 3 rings (SSSR count). The molecule has 0 spiro atoms. The molecule has 0 saturated carbocycles. The zero-order valence-corrected chi connectivity index (χ0v) is 15.1. The first-order valence-electron chi connectivity index (χ1n) is 8.00. The SMILES string of the molecule is O=S(=O)(N[C@@H](Cn1nccn1)c1ccccc1)c1ccc(OC(F)(F)F)cc1. The van der Waals surface area contributed by atoms with Gasteiger partial charge in [-0.25, -0.2) is 13.1 Å². The van der Waals surface area contributed by atoms with Crippen LogP contribution in [-0.2, 0) is 16.6 Å². The number of nitrogens with one attached hydrogen (secondary N) is 1. The molecule has 2 aromatic carbocycles. The summed E-state index contributed by atoms with van der Waals surface area (Å²) in [5.41, 5.74) is 0.681. The fourth-order valence-corrected chi connectivity index (χ4v) is 3.69. The maximum atomic E-state index is 12.7. The van der Waals surface area contributed by atoms with E-state index in [4.69, 9.17) is 0 Å². The first-order valence-corrected chi connectivity index (χ1v) is 9.48. The number of alkyl halides is 3. The van der Waals surface area contributed by atoms with Crippen LogP contribution in [0.15, 0.2) is 71.9 Å². The Morgan fingerprint density at radius 2 is 1.61 bits per heavy atom. The van der Waals surface area contributed by atoms with E-state index in [1.54, 1.807) is 30.3 Å². The first-order chi connectivity index (χ1) is 13.2. The third-order valence-corrected chi connectivity index (χ3v) is 5.17. The zero-order chi connectivity index (χ0) is 20.2. The van der Waals surface area contributed by atoms with E-state index in [1.807, 2.05) is 0 Å². The predicted octanol–water partition coefficient (Wildman–Crippen LogP) is 2.90. The molecule has 0 amide bonds. The number of hydrogen-bond acceptors (Lipinski definition) is 5. The molecule has 1 heterocycles. The average molecular weight is 412 g/mol. The van der Waals surface area contributed by atoms with Gasteiger partial charge in [-0.3, -0.25) is 0 Å². The van der Waals surface area contributed by atoms with Crippen molar-refractivity contribution in [2.24, 2.45) is 0 Å². The van der Waals surface area contributed by atoms with Crippen molar-refractivity contribution < 1.29 is 26.3 Å². The van der Waals surface area contributed by atoms with E-state index in [9.17, 15) is 21.6 Å². The molecule has 1 atom stereocenters. The summed E-state index contributed by atoms with van der Waals surface area (Å²) in [5, 5.41) is 7.96. The monoisotopic (exact) mass is 412 g/mol. The molecule has 148 valence electrons. The highest BCUT2D eigenvalue weighted by molar-refractivity contribution is 7.89. The Bertz CT molecular complexity index is 992. The largest absolute Gasteiger partial charge is 0.573 e. The van der Waals surface area contributed by atoms with Crippen LogP contribution in [-0.4, -0.2) is 29.8 Å². The lowest BCUT2D eigenvalue weighted by molar-refractivity contribution is -0.274. The molecule has 0 fully saturated rings. The molecule has 0 aliphatic rings. The van der Waals surface area contributed by atoms with E-state index < -0.39 is 28.2 Å². The Morgan fingerprint density at radius 1 is 1.00 bits per heavy atom. The van der Waals surface area contributed by atoms with Crippen LogP contribution in [0.4, 0.5) is 13.2 Å². The number of rotatable bonds is 7. The van der Waals surface area contributed by atoms with Gasteiger partial charge in [0.05, 0.1) is 29.9 Å². The lowest BCUT2D eigenvalue weighted by Crippen LogP contribution is -2.32. The first kappa shape index (κ1) is 19.8. The van der Waals surface area contributed by atoms with E-state index in [0.29, 0.717) is 5.56 Å². The molecule has 1 aromatic heterocycles. The van der Waals surface area contributed by atoms with Crippen molar-refractivity contribution in [3.8, 4) is 5.75 Å². The Morgan fingerprint density at radius 3 is 2.18 bits per heavy atom. The highest BCUT2D eigenvalue weighted by Crippen LogP contribution is 2.25. The van der Waals surface area contributed by atoms with E-state index in [2.05, 4.69) is 19.7 Å². The summed E-state index contributed by atoms with van der Waals surface area (Å²) in [6.45, 7) is 0.130. The van der Waals surface area contributed by atoms with Crippen LogP contribution in [0, 0.1) is 0 Å². The number of ether oxygens (including phenoxy) is 1. The summed E-state index contributed by atoms with van der Waals surface area (Å²) in [6, 6.07) is 12.1. The van der Waals surface area contributed by atoms with Crippen molar-refractivity contribution in [2.45, 2.75) is 23.8 Å². The number of halogens is 3. The van der Waals surface area contributed by atoms with Crippen LogP contribution in [0.1, 0.15) is 11.6 Å². The zero-order valence-electron chi connectivity index (χ0n) is 14.2. The van der Waals surface area contributed by atoms with E-state index in [0.717, 1.165) is 24.3 Å². The minimum Gasteiger partial charge on any atom is -0.406 e. The average Bonchev–Trinajstić information content (AvgIpc) is 3.14. The van der Waals surface area contributed by atoms with Crippen LogP contribution >= 0.6 is 0 Å². The molecule has 0 saturated heterocycles. The molecule has 11 heteroatoms. The standard InChI is InChI=1S/C17H15F3N4O3S/c18-17(19,20)27-14-6-8-15(9-7-14)28(25,26)23-16(12-24-21-10-11-22-24)13-4-2-1-3-5-13/h1-11,16,23H,12H2/t16-/m0/s1. The van der Waals surface area contributed by atoms with Crippen molar-refractivity contribution >= 4 is 10.0 Å². The molecule has 0 unspecified atom stereocenters. The lowest BCUT2D eigenvalue weighted by Gasteiger charge is -2.19. The maximum Gasteiger partial charge on any atom is 0.573 e. The molecule has 1 N–H and O–H groups in total. The minimum absolute atomic E-state index is 0.130. The second-order valence-corrected chi connectivity index (χ2v) is 7.40. The normalized spacial score (nSPS) is 13.2. The van der Waals surface area contributed by atoms with Crippen LogP contribution in [0.5, 0.6) is 5.75 Å². The van der Waals surface area contributed by atoms with Gasteiger partial charge >= 0.3 is 6.36 Å². The highest BCUT2D eigenvalue weighted by atomic mass is 32.2. The van der Waals surface area contributed by atoms with Gasteiger partial charge in [0.25, 0.3) is 0 Å². The van der Waals surface area contributed by atoms with E-state index >= 15 is 0 Å². The van der Waals surface area contributed by atoms with Gasteiger partial charge in [0.1, 0.15) is 5.75 Å². The van der Waals surface area contributed by atoms with Gasteiger partial charge in [0.15, 0.2) is 0 Å². The van der Waals surface area contributed by atoms with Crippen molar-refractivity contribution in [3.05, 3.63) is 72.6 Å². The number of aromatic nitrogens is 3. The number of sulfonamides is 1. The van der Waals surface area contributed by atoms with Gasteiger partial charge < -0.3 is 4.74 Å². The number of benzene rings is 2.